The van der Waals surface area contributed by atoms with Gasteiger partial charge in [-0.05, 0) is 71.0 Å². The molecule has 0 saturated heterocycles. The maximum atomic E-state index is 8.48. The smallest absolute Gasteiger partial charge is 0.215 e. The topological polar surface area (TPSA) is 59.1 Å². The van der Waals surface area contributed by atoms with Crippen LogP contribution in [0.2, 0.25) is 0 Å². The van der Waals surface area contributed by atoms with E-state index >= 15 is 0 Å². The molecule has 1 heterocycles. The molecule has 4 heteroatoms. The molecular weight excluding hydrogens is 424 g/mol. The van der Waals surface area contributed by atoms with Gasteiger partial charge in [-0.3, -0.25) is 11.1 Å². The van der Waals surface area contributed by atoms with Crippen LogP contribution in [-0.4, -0.2) is 12.1 Å². The van der Waals surface area contributed by atoms with Crippen LogP contribution in [0.5, 0.6) is 0 Å². The summed E-state index contributed by atoms with van der Waals surface area (Å²) >= 11 is 1.84. The summed E-state index contributed by atoms with van der Waals surface area (Å²) in [5, 5.41) is 8.48. The summed E-state index contributed by atoms with van der Waals surface area (Å²) in [7, 11) is 0. The van der Waals surface area contributed by atoms with Gasteiger partial charge in [-0.15, -0.1) is 0 Å². The minimum Gasteiger partial charge on any atom is -0.455 e. The zero-order chi connectivity index (χ0) is 23.0. The Bertz CT molecular complexity index is 1290. The lowest BCUT2D eigenvalue weighted by Crippen LogP contribution is -2.29. The molecule has 0 bridgehead atoms. The number of rotatable bonds is 4. The van der Waals surface area contributed by atoms with E-state index in [1.807, 2.05) is 42.1 Å². The Hall–Kier alpha value is -3.08. The number of hydrogen-bond acceptors (Lipinski definition) is 4. The zero-order valence-corrected chi connectivity index (χ0v) is 19.8. The molecule has 3 aromatic rings. The molecule has 0 amide bonds. The highest BCUT2D eigenvalue weighted by Gasteiger charge is 2.33. The monoisotopic (exact) mass is 452 g/mol. The first-order chi connectivity index (χ1) is 15.9. The van der Waals surface area contributed by atoms with Gasteiger partial charge >= 0.3 is 0 Å². The molecule has 1 aliphatic heterocycles. The third-order valence-corrected chi connectivity index (χ3v) is 7.70. The lowest BCUT2D eigenvalue weighted by molar-refractivity contribution is 0.226. The Balaban J connectivity index is 1.42. The van der Waals surface area contributed by atoms with Crippen molar-refractivity contribution in [3.8, 4) is 11.1 Å². The Labute approximate surface area is 199 Å². The fourth-order valence-electron chi connectivity index (χ4n) is 4.59. The van der Waals surface area contributed by atoms with Crippen LogP contribution in [0.1, 0.15) is 43.4 Å². The SMILES string of the molecule is CC1(C)c2ccccc2Sc2ccc(-c3cccc(C(=N)OC(N)C4=CC=CCC4)c3)cc21. The van der Waals surface area contributed by atoms with Crippen molar-refractivity contribution < 1.29 is 4.74 Å². The molecule has 33 heavy (non-hydrogen) atoms. The molecule has 0 saturated carbocycles. The van der Waals surface area contributed by atoms with Crippen molar-refractivity contribution in [2.45, 2.75) is 48.1 Å². The summed E-state index contributed by atoms with van der Waals surface area (Å²) in [6.45, 7) is 4.59. The number of fused-ring (bicyclic) bond motifs is 2. The van der Waals surface area contributed by atoms with Gasteiger partial charge in [0.1, 0.15) is 0 Å². The van der Waals surface area contributed by atoms with Crippen molar-refractivity contribution in [3.05, 3.63) is 107 Å². The van der Waals surface area contributed by atoms with Crippen LogP contribution in [-0.2, 0) is 10.2 Å². The highest BCUT2D eigenvalue weighted by molar-refractivity contribution is 7.99. The van der Waals surface area contributed by atoms with Gasteiger partial charge in [-0.2, -0.15) is 0 Å². The van der Waals surface area contributed by atoms with Gasteiger partial charge in [-0.25, -0.2) is 0 Å². The minimum atomic E-state index is -0.590. The first-order valence-corrected chi connectivity index (χ1v) is 12.1. The van der Waals surface area contributed by atoms with E-state index in [4.69, 9.17) is 15.9 Å². The second-order valence-corrected chi connectivity index (χ2v) is 10.2. The fourth-order valence-corrected chi connectivity index (χ4v) is 5.97. The van der Waals surface area contributed by atoms with E-state index in [2.05, 4.69) is 68.5 Å². The molecule has 1 unspecified atom stereocenters. The van der Waals surface area contributed by atoms with E-state index in [9.17, 15) is 0 Å². The van der Waals surface area contributed by atoms with Crippen molar-refractivity contribution in [1.82, 2.24) is 0 Å². The number of nitrogens with two attached hydrogens (primary N) is 1. The van der Waals surface area contributed by atoms with Gasteiger partial charge in [0.05, 0.1) is 0 Å². The van der Waals surface area contributed by atoms with Crippen molar-refractivity contribution >= 4 is 17.7 Å². The van der Waals surface area contributed by atoms with Crippen LogP contribution in [0.15, 0.2) is 100 Å². The van der Waals surface area contributed by atoms with Crippen molar-refractivity contribution in [2.75, 3.05) is 0 Å². The normalized spacial score (nSPS) is 16.9. The lowest BCUT2D eigenvalue weighted by Gasteiger charge is -2.34. The first-order valence-electron chi connectivity index (χ1n) is 11.3. The number of ether oxygens (including phenoxy) is 1. The van der Waals surface area contributed by atoms with Gasteiger partial charge in [0.25, 0.3) is 0 Å². The van der Waals surface area contributed by atoms with Gasteiger partial charge in [0.2, 0.25) is 5.90 Å². The molecule has 0 aromatic heterocycles. The molecule has 1 aliphatic carbocycles. The van der Waals surface area contributed by atoms with Gasteiger partial charge in [0, 0.05) is 20.8 Å². The third-order valence-electron chi connectivity index (χ3n) is 6.55. The van der Waals surface area contributed by atoms with Gasteiger partial charge in [-0.1, -0.05) is 80.2 Å². The lowest BCUT2D eigenvalue weighted by atomic mass is 9.77. The Morgan fingerprint density at radius 2 is 1.76 bits per heavy atom. The summed E-state index contributed by atoms with van der Waals surface area (Å²) in [6, 6.07) is 23.3. The summed E-state index contributed by atoms with van der Waals surface area (Å²) in [4.78, 5) is 2.63. The van der Waals surface area contributed by atoms with Gasteiger partial charge in [0.15, 0.2) is 6.23 Å². The number of allylic oxidation sites excluding steroid dienone is 3. The molecule has 1 atom stereocenters. The predicted molar refractivity (Wildman–Crippen MR) is 137 cm³/mol. The first kappa shape index (κ1) is 21.7. The third kappa shape index (κ3) is 4.17. The van der Waals surface area contributed by atoms with E-state index in [0.29, 0.717) is 0 Å². The van der Waals surface area contributed by atoms with Crippen LogP contribution in [0.25, 0.3) is 11.1 Å². The molecule has 3 N–H and O–H groups in total. The van der Waals surface area contributed by atoms with E-state index in [0.717, 1.165) is 35.1 Å². The molecule has 166 valence electrons. The molecule has 0 fully saturated rings. The van der Waals surface area contributed by atoms with Crippen molar-refractivity contribution in [1.29, 1.82) is 5.41 Å². The highest BCUT2D eigenvalue weighted by Crippen LogP contribution is 2.49. The van der Waals surface area contributed by atoms with E-state index < -0.39 is 6.23 Å². The molecule has 5 rings (SSSR count). The standard InChI is InChI=1S/C29H28N2OS/c1-29(2)23-13-6-7-14-25(23)33-26-16-15-21(18-24(26)29)20-11-8-12-22(17-20)28(31)32-27(30)19-9-4-3-5-10-19/h3-4,6-9,11-18,27,31H,5,10,30H2,1-2H3. The maximum absolute atomic E-state index is 8.48. The molecule has 3 nitrogen and oxygen atoms in total. The predicted octanol–water partition coefficient (Wildman–Crippen LogP) is 7.05. The molecule has 2 aliphatic rings. The maximum Gasteiger partial charge on any atom is 0.215 e. The Kier molecular flexibility index (Phi) is 5.73. The average Bonchev–Trinajstić information content (AvgIpc) is 2.84. The number of benzene rings is 3. The van der Waals surface area contributed by atoms with E-state index in [1.54, 1.807) is 0 Å². The average molecular weight is 453 g/mol. The van der Waals surface area contributed by atoms with Crippen LogP contribution in [0, 0.1) is 5.41 Å². The zero-order valence-electron chi connectivity index (χ0n) is 19.0. The van der Waals surface area contributed by atoms with Crippen molar-refractivity contribution in [2.24, 2.45) is 5.73 Å². The van der Waals surface area contributed by atoms with E-state index in [1.165, 1.54) is 20.9 Å². The molecule has 3 aromatic carbocycles. The minimum absolute atomic E-state index is 0.0739. The van der Waals surface area contributed by atoms with E-state index in [-0.39, 0.29) is 11.3 Å². The number of nitrogens with one attached hydrogen (secondary N) is 1. The van der Waals surface area contributed by atoms with Crippen LogP contribution in [0.4, 0.5) is 0 Å². The molecule has 0 radical (unpaired) electrons. The Morgan fingerprint density at radius 1 is 0.970 bits per heavy atom. The van der Waals surface area contributed by atoms with Crippen LogP contribution >= 0.6 is 11.8 Å². The summed E-state index contributed by atoms with van der Waals surface area (Å²) in [5.74, 6) is 0.0996. The molecule has 0 spiro atoms. The van der Waals surface area contributed by atoms with Crippen LogP contribution < -0.4 is 5.73 Å². The second-order valence-electron chi connectivity index (χ2n) is 9.09. The fraction of sp³-hybridized carbons (Fsp3) is 0.207. The van der Waals surface area contributed by atoms with Crippen LogP contribution in [0.3, 0.4) is 0 Å². The largest absolute Gasteiger partial charge is 0.455 e. The van der Waals surface area contributed by atoms with Gasteiger partial charge < -0.3 is 4.74 Å². The quantitative estimate of drug-likeness (QED) is 0.253. The molecular formula is C29H28N2OS. The Morgan fingerprint density at radius 3 is 2.58 bits per heavy atom. The summed E-state index contributed by atoms with van der Waals surface area (Å²) in [6.07, 6.45) is 7.35. The number of hydrogen-bond donors (Lipinski definition) is 2. The van der Waals surface area contributed by atoms with Crippen molar-refractivity contribution in [3.63, 3.8) is 0 Å². The summed E-state index contributed by atoms with van der Waals surface area (Å²) < 4.78 is 5.79. The highest BCUT2D eigenvalue weighted by atomic mass is 32.2. The summed E-state index contributed by atoms with van der Waals surface area (Å²) in [5.41, 5.74) is 12.8. The second kappa shape index (κ2) is 8.69.